The quantitative estimate of drug-likeness (QED) is 0.500. The third-order valence-corrected chi connectivity index (χ3v) is 1.25. The lowest BCUT2D eigenvalue weighted by molar-refractivity contribution is 0.821. The number of nitrogens with one attached hydrogen (secondary N) is 1. The molecule has 1 heteroatoms. The molecule has 0 fully saturated rings. The van der Waals surface area contributed by atoms with E-state index in [9.17, 15) is 0 Å². The third-order valence-electron chi connectivity index (χ3n) is 1.25. The molecule has 0 spiro atoms. The maximum absolute atomic E-state index is 3.81. The summed E-state index contributed by atoms with van der Waals surface area (Å²) in [5, 5.41) is 3.07. The fourth-order valence-corrected chi connectivity index (χ4v) is 0.766. The van der Waals surface area contributed by atoms with Crippen molar-refractivity contribution in [1.82, 2.24) is 5.32 Å². The molecular weight excluding hydrogens is 98.1 g/mol. The second-order valence-electron chi connectivity index (χ2n) is 2.04. The smallest absolute Gasteiger partial charge is 0.00733 e. The molecule has 0 atom stereocenters. The van der Waals surface area contributed by atoms with Crippen LogP contribution in [0.2, 0.25) is 0 Å². The monoisotopic (exact) mass is 109 g/mol. The van der Waals surface area contributed by atoms with Gasteiger partial charge in [-0.3, -0.25) is 0 Å². The average molecular weight is 109 g/mol. The minimum atomic E-state index is 1.12. The first-order chi connectivity index (χ1) is 3.89. The molecule has 0 aromatic carbocycles. The van der Waals surface area contributed by atoms with E-state index in [-0.39, 0.29) is 0 Å². The lowest BCUT2D eigenvalue weighted by atomic mass is 10.2. The summed E-state index contributed by atoms with van der Waals surface area (Å²) in [6.45, 7) is 3.81. The van der Waals surface area contributed by atoms with Crippen LogP contribution in [0.4, 0.5) is 0 Å². The van der Waals surface area contributed by atoms with Crippen molar-refractivity contribution in [1.29, 1.82) is 0 Å². The van der Waals surface area contributed by atoms with Crippen molar-refractivity contribution in [2.45, 2.75) is 19.3 Å². The summed E-state index contributed by atoms with van der Waals surface area (Å²) in [5.41, 5.74) is 1.14. The maximum Gasteiger partial charge on any atom is 0.00733 e. The molecular formula is C7H11N. The number of allylic oxidation sites excluding steroid dienone is 2. The van der Waals surface area contributed by atoms with Crippen LogP contribution in [0, 0.1) is 0 Å². The van der Waals surface area contributed by atoms with Crippen LogP contribution >= 0.6 is 0 Å². The Bertz CT molecular complexity index is 114. The van der Waals surface area contributed by atoms with Crippen LogP contribution in [0.15, 0.2) is 24.6 Å². The normalized spacial score (nSPS) is 19.8. The minimum Gasteiger partial charge on any atom is -0.366 e. The summed E-state index contributed by atoms with van der Waals surface area (Å²) < 4.78 is 0. The topological polar surface area (TPSA) is 12.0 Å². The third kappa shape index (κ3) is 1.41. The van der Waals surface area contributed by atoms with Gasteiger partial charge in [0.25, 0.3) is 0 Å². The summed E-state index contributed by atoms with van der Waals surface area (Å²) in [7, 11) is 0. The summed E-state index contributed by atoms with van der Waals surface area (Å²) in [5.74, 6) is 0. The zero-order chi connectivity index (χ0) is 5.82. The van der Waals surface area contributed by atoms with E-state index in [0.29, 0.717) is 0 Å². The van der Waals surface area contributed by atoms with Crippen molar-refractivity contribution >= 4 is 0 Å². The van der Waals surface area contributed by atoms with E-state index in [0.717, 1.165) is 12.1 Å². The second kappa shape index (κ2) is 2.55. The van der Waals surface area contributed by atoms with E-state index in [4.69, 9.17) is 0 Å². The Labute approximate surface area is 50.1 Å². The first kappa shape index (κ1) is 5.42. The Balaban J connectivity index is 2.41. The number of hydrogen-bond donors (Lipinski definition) is 1. The molecule has 0 aliphatic carbocycles. The lowest BCUT2D eigenvalue weighted by Crippen LogP contribution is -1.99. The van der Waals surface area contributed by atoms with Gasteiger partial charge in [-0.15, -0.1) is 0 Å². The van der Waals surface area contributed by atoms with Crippen molar-refractivity contribution in [3.63, 3.8) is 0 Å². The summed E-state index contributed by atoms with van der Waals surface area (Å²) in [4.78, 5) is 0. The minimum absolute atomic E-state index is 1.12. The molecule has 0 aromatic heterocycles. The van der Waals surface area contributed by atoms with Gasteiger partial charge in [-0.05, 0) is 25.5 Å². The predicted molar refractivity (Wildman–Crippen MR) is 35.3 cm³/mol. The molecule has 1 aliphatic rings. The van der Waals surface area contributed by atoms with E-state index < -0.39 is 0 Å². The van der Waals surface area contributed by atoms with E-state index in [1.54, 1.807) is 0 Å². The van der Waals surface area contributed by atoms with Crippen molar-refractivity contribution in [3.05, 3.63) is 24.6 Å². The lowest BCUT2D eigenvalue weighted by Gasteiger charge is -1.97. The van der Waals surface area contributed by atoms with Gasteiger partial charge in [-0.25, -0.2) is 0 Å². The molecule has 0 saturated carbocycles. The molecule has 0 amide bonds. The molecule has 0 bridgehead atoms. The number of hydrogen-bond acceptors (Lipinski definition) is 1. The van der Waals surface area contributed by atoms with Crippen LogP contribution in [0.3, 0.4) is 0 Å². The fourth-order valence-electron chi connectivity index (χ4n) is 0.766. The maximum atomic E-state index is 3.81. The van der Waals surface area contributed by atoms with Gasteiger partial charge < -0.3 is 5.32 Å². The first-order valence-electron chi connectivity index (χ1n) is 2.99. The average Bonchev–Trinajstić information content (AvgIpc) is 1.94. The Morgan fingerprint density at radius 1 is 1.62 bits per heavy atom. The van der Waals surface area contributed by atoms with Crippen LogP contribution in [-0.4, -0.2) is 0 Å². The van der Waals surface area contributed by atoms with Crippen molar-refractivity contribution < 1.29 is 0 Å². The molecule has 1 aliphatic heterocycles. The summed E-state index contributed by atoms with van der Waals surface area (Å²) >= 11 is 0. The highest BCUT2D eigenvalue weighted by Crippen LogP contribution is 2.05. The van der Waals surface area contributed by atoms with Crippen molar-refractivity contribution in [2.24, 2.45) is 0 Å². The van der Waals surface area contributed by atoms with E-state index >= 15 is 0 Å². The van der Waals surface area contributed by atoms with Crippen LogP contribution in [-0.2, 0) is 0 Å². The van der Waals surface area contributed by atoms with Gasteiger partial charge in [0.2, 0.25) is 0 Å². The van der Waals surface area contributed by atoms with Crippen LogP contribution in [0.1, 0.15) is 19.3 Å². The highest BCUT2D eigenvalue weighted by atomic mass is 14.8. The molecule has 1 heterocycles. The highest BCUT2D eigenvalue weighted by molar-refractivity contribution is 5.00. The molecule has 8 heavy (non-hydrogen) atoms. The molecule has 1 rings (SSSR count). The molecule has 1 N–H and O–H groups in total. The zero-order valence-corrected chi connectivity index (χ0v) is 4.98. The van der Waals surface area contributed by atoms with Gasteiger partial charge in [-0.1, -0.05) is 12.7 Å². The Kier molecular flexibility index (Phi) is 1.73. The van der Waals surface area contributed by atoms with Crippen molar-refractivity contribution in [2.75, 3.05) is 0 Å². The second-order valence-corrected chi connectivity index (χ2v) is 2.04. The molecule has 0 aromatic rings. The molecule has 0 saturated heterocycles. The molecule has 1 nitrogen and oxygen atoms in total. The van der Waals surface area contributed by atoms with Crippen LogP contribution < -0.4 is 5.32 Å². The predicted octanol–water partition coefficient (Wildman–Crippen LogP) is 1.79. The Morgan fingerprint density at radius 2 is 2.50 bits per heavy atom. The SMILES string of the molecule is C=C1CCCC=CN1. The van der Waals surface area contributed by atoms with Gasteiger partial charge >= 0.3 is 0 Å². The summed E-state index contributed by atoms with van der Waals surface area (Å²) in [6.07, 6.45) is 7.65. The zero-order valence-electron chi connectivity index (χ0n) is 4.98. The number of rotatable bonds is 0. The first-order valence-corrected chi connectivity index (χ1v) is 2.99. The van der Waals surface area contributed by atoms with Crippen LogP contribution in [0.5, 0.6) is 0 Å². The van der Waals surface area contributed by atoms with E-state index in [1.807, 2.05) is 6.20 Å². The fraction of sp³-hybridized carbons (Fsp3) is 0.429. The van der Waals surface area contributed by atoms with E-state index in [1.165, 1.54) is 12.8 Å². The largest absolute Gasteiger partial charge is 0.366 e. The molecule has 44 valence electrons. The van der Waals surface area contributed by atoms with Gasteiger partial charge in [0.15, 0.2) is 0 Å². The van der Waals surface area contributed by atoms with Crippen LogP contribution in [0.25, 0.3) is 0 Å². The molecule has 0 radical (unpaired) electrons. The Hall–Kier alpha value is -0.720. The summed E-state index contributed by atoms with van der Waals surface area (Å²) in [6, 6.07) is 0. The van der Waals surface area contributed by atoms with E-state index in [2.05, 4.69) is 18.0 Å². The van der Waals surface area contributed by atoms with Gasteiger partial charge in [0.1, 0.15) is 0 Å². The van der Waals surface area contributed by atoms with Gasteiger partial charge in [0, 0.05) is 5.70 Å². The Morgan fingerprint density at radius 3 is 3.38 bits per heavy atom. The molecule has 0 unspecified atom stereocenters. The highest BCUT2D eigenvalue weighted by Gasteiger charge is 1.92. The van der Waals surface area contributed by atoms with Crippen molar-refractivity contribution in [3.8, 4) is 0 Å². The van der Waals surface area contributed by atoms with Gasteiger partial charge in [-0.2, -0.15) is 0 Å². The standard InChI is InChI=1S/C7H11N/c1-7-5-3-2-4-6-8-7/h4,6,8H,1-3,5H2. The van der Waals surface area contributed by atoms with Gasteiger partial charge in [0.05, 0.1) is 0 Å².